The van der Waals surface area contributed by atoms with Crippen LogP contribution in [0.2, 0.25) is 0 Å². The first-order valence-corrected chi connectivity index (χ1v) is 8.34. The zero-order valence-corrected chi connectivity index (χ0v) is 13.3. The van der Waals surface area contributed by atoms with Crippen molar-refractivity contribution in [3.63, 3.8) is 0 Å². The molecule has 0 aliphatic heterocycles. The number of fused-ring (bicyclic) bond motifs is 4. The Balaban J connectivity index is 1.79. The second kappa shape index (κ2) is 5.24. The van der Waals surface area contributed by atoms with E-state index in [1.165, 1.54) is 38.1 Å². The number of hydrogen-bond donors (Lipinski definition) is 0. The number of nitrogens with zero attached hydrogens (tertiary/aromatic N) is 1. The van der Waals surface area contributed by atoms with Gasteiger partial charge in [0.1, 0.15) is 0 Å². The van der Waals surface area contributed by atoms with Crippen LogP contribution in [-0.2, 0) is 6.54 Å². The first-order chi connectivity index (χ1) is 11.9. The standard InChI is InChI=1S/C23H17N/c1-2-11-19-17(8-1)9-7-10-18(19)16-24-22-14-5-3-12-20(22)21-13-4-6-15-23(21)24/h1-15H,16H2. The molecule has 1 aromatic heterocycles. The molecule has 0 N–H and O–H groups in total. The molecule has 24 heavy (non-hydrogen) atoms. The average molecular weight is 307 g/mol. The van der Waals surface area contributed by atoms with Crippen molar-refractivity contribution < 1.29 is 0 Å². The lowest BCUT2D eigenvalue weighted by Crippen LogP contribution is -2.00. The third-order valence-corrected chi connectivity index (χ3v) is 4.89. The van der Waals surface area contributed by atoms with Gasteiger partial charge in [-0.1, -0.05) is 78.9 Å². The Kier molecular flexibility index (Phi) is 2.92. The fraction of sp³-hybridized carbons (Fsp3) is 0.0435. The Bertz CT molecular complexity index is 1120. The van der Waals surface area contributed by atoms with Crippen molar-refractivity contribution in [2.45, 2.75) is 6.54 Å². The normalized spacial score (nSPS) is 11.5. The lowest BCUT2D eigenvalue weighted by atomic mass is 10.0. The van der Waals surface area contributed by atoms with Crippen LogP contribution in [0.3, 0.4) is 0 Å². The van der Waals surface area contributed by atoms with E-state index in [9.17, 15) is 0 Å². The van der Waals surface area contributed by atoms with E-state index in [1.54, 1.807) is 0 Å². The molecular weight excluding hydrogens is 290 g/mol. The minimum absolute atomic E-state index is 0.884. The number of hydrogen-bond acceptors (Lipinski definition) is 0. The maximum Gasteiger partial charge on any atom is 0.0494 e. The summed E-state index contributed by atoms with van der Waals surface area (Å²) in [5.41, 5.74) is 3.96. The van der Waals surface area contributed by atoms with E-state index in [4.69, 9.17) is 0 Å². The molecule has 4 aromatic carbocycles. The third-order valence-electron chi connectivity index (χ3n) is 4.89. The van der Waals surface area contributed by atoms with Crippen molar-refractivity contribution in [1.29, 1.82) is 0 Å². The molecule has 5 rings (SSSR count). The van der Waals surface area contributed by atoms with Crippen molar-refractivity contribution in [3.8, 4) is 0 Å². The van der Waals surface area contributed by atoms with Gasteiger partial charge in [0.2, 0.25) is 0 Å². The smallest absolute Gasteiger partial charge is 0.0494 e. The zero-order chi connectivity index (χ0) is 15.9. The summed E-state index contributed by atoms with van der Waals surface area (Å²) in [4.78, 5) is 0. The van der Waals surface area contributed by atoms with Crippen LogP contribution >= 0.6 is 0 Å². The van der Waals surface area contributed by atoms with Gasteiger partial charge in [-0.05, 0) is 28.5 Å². The molecule has 0 unspecified atom stereocenters. The van der Waals surface area contributed by atoms with Crippen LogP contribution in [0, 0.1) is 0 Å². The molecule has 1 nitrogen and oxygen atoms in total. The van der Waals surface area contributed by atoms with E-state index in [1.807, 2.05) is 0 Å². The minimum Gasteiger partial charge on any atom is -0.336 e. The van der Waals surface area contributed by atoms with Crippen LogP contribution in [0.5, 0.6) is 0 Å². The Hall–Kier alpha value is -3.06. The first kappa shape index (κ1) is 13.4. The molecule has 0 atom stereocenters. The second-order valence-corrected chi connectivity index (χ2v) is 6.26. The number of benzene rings is 4. The van der Waals surface area contributed by atoms with Gasteiger partial charge in [0.25, 0.3) is 0 Å². The quantitative estimate of drug-likeness (QED) is 0.377. The Morgan fingerprint density at radius 3 is 1.75 bits per heavy atom. The van der Waals surface area contributed by atoms with Gasteiger partial charge in [0, 0.05) is 28.4 Å². The lowest BCUT2D eigenvalue weighted by molar-refractivity contribution is 0.876. The minimum atomic E-state index is 0.884. The van der Waals surface area contributed by atoms with Gasteiger partial charge >= 0.3 is 0 Å². The Labute approximate surface area is 140 Å². The van der Waals surface area contributed by atoms with Crippen LogP contribution in [0.1, 0.15) is 5.56 Å². The number of para-hydroxylation sites is 2. The first-order valence-electron chi connectivity index (χ1n) is 8.34. The van der Waals surface area contributed by atoms with E-state index in [2.05, 4.69) is 95.6 Å². The largest absolute Gasteiger partial charge is 0.336 e. The highest BCUT2D eigenvalue weighted by atomic mass is 15.0. The van der Waals surface area contributed by atoms with Crippen LogP contribution in [0.15, 0.2) is 91.0 Å². The fourth-order valence-electron chi connectivity index (χ4n) is 3.77. The fourth-order valence-corrected chi connectivity index (χ4v) is 3.77. The molecule has 1 heterocycles. The van der Waals surface area contributed by atoms with Gasteiger partial charge in [-0.15, -0.1) is 0 Å². The second-order valence-electron chi connectivity index (χ2n) is 6.26. The molecule has 0 bridgehead atoms. The van der Waals surface area contributed by atoms with Gasteiger partial charge in [-0.2, -0.15) is 0 Å². The molecule has 0 spiro atoms. The van der Waals surface area contributed by atoms with E-state index in [0.29, 0.717) is 0 Å². The van der Waals surface area contributed by atoms with Crippen molar-refractivity contribution in [2.75, 3.05) is 0 Å². The highest BCUT2D eigenvalue weighted by molar-refractivity contribution is 6.08. The van der Waals surface area contributed by atoms with E-state index < -0.39 is 0 Å². The molecular formula is C23H17N. The molecule has 114 valence electrons. The van der Waals surface area contributed by atoms with Crippen molar-refractivity contribution >= 4 is 32.6 Å². The van der Waals surface area contributed by atoms with Crippen LogP contribution < -0.4 is 0 Å². The highest BCUT2D eigenvalue weighted by Crippen LogP contribution is 2.30. The van der Waals surface area contributed by atoms with E-state index in [0.717, 1.165) is 6.54 Å². The van der Waals surface area contributed by atoms with Crippen LogP contribution in [-0.4, -0.2) is 4.57 Å². The summed E-state index contributed by atoms with van der Waals surface area (Å²) in [6, 6.07) is 32.6. The SMILES string of the molecule is c1ccc2c(Cn3c4ccccc4c4ccccc43)cccc2c1. The third kappa shape index (κ3) is 1.95. The summed E-state index contributed by atoms with van der Waals surface area (Å²) in [5, 5.41) is 5.29. The Morgan fingerprint density at radius 2 is 1.04 bits per heavy atom. The van der Waals surface area contributed by atoms with Gasteiger partial charge in [-0.3, -0.25) is 0 Å². The van der Waals surface area contributed by atoms with E-state index >= 15 is 0 Å². The predicted molar refractivity (Wildman–Crippen MR) is 102 cm³/mol. The molecule has 0 aliphatic carbocycles. The van der Waals surface area contributed by atoms with Crippen molar-refractivity contribution in [2.24, 2.45) is 0 Å². The Morgan fingerprint density at radius 1 is 0.500 bits per heavy atom. The lowest BCUT2D eigenvalue weighted by Gasteiger charge is -2.10. The average Bonchev–Trinajstić information content (AvgIpc) is 2.97. The summed E-state index contributed by atoms with van der Waals surface area (Å²) in [7, 11) is 0. The molecule has 0 amide bonds. The summed E-state index contributed by atoms with van der Waals surface area (Å²) >= 11 is 0. The number of rotatable bonds is 2. The van der Waals surface area contributed by atoms with Crippen molar-refractivity contribution in [3.05, 3.63) is 96.6 Å². The van der Waals surface area contributed by atoms with E-state index in [-0.39, 0.29) is 0 Å². The molecule has 0 aliphatic rings. The predicted octanol–water partition coefficient (Wildman–Crippen LogP) is 6.00. The molecule has 0 fully saturated rings. The van der Waals surface area contributed by atoms with Gasteiger partial charge < -0.3 is 4.57 Å². The maximum atomic E-state index is 2.44. The van der Waals surface area contributed by atoms with Crippen LogP contribution in [0.4, 0.5) is 0 Å². The topological polar surface area (TPSA) is 4.93 Å². The molecule has 0 saturated carbocycles. The monoisotopic (exact) mass is 307 g/mol. The van der Waals surface area contributed by atoms with Crippen LogP contribution in [0.25, 0.3) is 32.6 Å². The zero-order valence-electron chi connectivity index (χ0n) is 13.3. The van der Waals surface area contributed by atoms with Crippen molar-refractivity contribution in [1.82, 2.24) is 4.57 Å². The summed E-state index contributed by atoms with van der Waals surface area (Å²) in [6.07, 6.45) is 0. The summed E-state index contributed by atoms with van der Waals surface area (Å²) in [5.74, 6) is 0. The van der Waals surface area contributed by atoms with Gasteiger partial charge in [-0.25, -0.2) is 0 Å². The number of aromatic nitrogens is 1. The molecule has 1 heteroatoms. The molecule has 0 saturated heterocycles. The van der Waals surface area contributed by atoms with Gasteiger partial charge in [0.15, 0.2) is 0 Å². The highest BCUT2D eigenvalue weighted by Gasteiger charge is 2.10. The summed E-state index contributed by atoms with van der Waals surface area (Å²) < 4.78 is 2.44. The molecule has 0 radical (unpaired) electrons. The summed E-state index contributed by atoms with van der Waals surface area (Å²) in [6.45, 7) is 0.884. The maximum absolute atomic E-state index is 2.44. The van der Waals surface area contributed by atoms with Gasteiger partial charge in [0.05, 0.1) is 0 Å². The molecule has 5 aromatic rings.